The summed E-state index contributed by atoms with van der Waals surface area (Å²) in [6.07, 6.45) is 2.72. The van der Waals surface area contributed by atoms with E-state index in [1.165, 1.54) is 0 Å². The van der Waals surface area contributed by atoms with Crippen molar-refractivity contribution in [2.75, 3.05) is 11.5 Å². The number of anilines is 1. The second kappa shape index (κ2) is 4.86. The summed E-state index contributed by atoms with van der Waals surface area (Å²) in [4.78, 5) is 3.96. The molecule has 84 valence electrons. The van der Waals surface area contributed by atoms with Gasteiger partial charge >= 0.3 is 0 Å². The Morgan fingerprint density at radius 1 is 1.53 bits per heavy atom. The average molecular weight is 226 g/mol. The van der Waals surface area contributed by atoms with Gasteiger partial charge in [0.05, 0.1) is 6.10 Å². The molecule has 0 aromatic carbocycles. The van der Waals surface area contributed by atoms with Gasteiger partial charge < -0.3 is 10.8 Å². The molecule has 1 unspecified atom stereocenters. The van der Waals surface area contributed by atoms with Crippen molar-refractivity contribution in [3.63, 3.8) is 0 Å². The van der Waals surface area contributed by atoms with Crippen LogP contribution in [0.4, 0.5) is 5.69 Å². The van der Waals surface area contributed by atoms with Crippen LogP contribution in [0, 0.1) is 0 Å². The lowest BCUT2D eigenvalue weighted by Crippen LogP contribution is -2.13. The standard InChI is InChI=1S/C11H18N2OS/c1-11(2,3)15-7-10(14)8-6-13-5-4-9(8)12/h4-6,10,14H,7H2,1-3H3,(H2,12,13). The predicted molar refractivity (Wildman–Crippen MR) is 65.8 cm³/mol. The molecule has 3 N–H and O–H groups in total. The summed E-state index contributed by atoms with van der Waals surface area (Å²) in [5.74, 6) is 0.638. The normalized spacial score (nSPS) is 13.9. The molecule has 15 heavy (non-hydrogen) atoms. The molecular weight excluding hydrogens is 208 g/mol. The fourth-order valence-electron chi connectivity index (χ4n) is 1.11. The van der Waals surface area contributed by atoms with E-state index in [0.717, 1.165) is 0 Å². The third-order valence-electron chi connectivity index (χ3n) is 1.92. The maximum Gasteiger partial charge on any atom is 0.0915 e. The van der Waals surface area contributed by atoms with Crippen LogP contribution in [0.1, 0.15) is 32.4 Å². The molecule has 1 atom stereocenters. The van der Waals surface area contributed by atoms with Crippen LogP contribution < -0.4 is 5.73 Å². The van der Waals surface area contributed by atoms with Gasteiger partial charge in [-0.05, 0) is 6.07 Å². The summed E-state index contributed by atoms with van der Waals surface area (Å²) in [5, 5.41) is 9.92. The molecule has 0 saturated carbocycles. The molecule has 1 rings (SSSR count). The van der Waals surface area contributed by atoms with E-state index in [2.05, 4.69) is 25.8 Å². The highest BCUT2D eigenvalue weighted by molar-refractivity contribution is 8.00. The Balaban J connectivity index is 2.62. The van der Waals surface area contributed by atoms with Crippen LogP contribution in [0.15, 0.2) is 18.5 Å². The van der Waals surface area contributed by atoms with Crippen LogP contribution in [-0.4, -0.2) is 20.6 Å². The van der Waals surface area contributed by atoms with Crippen LogP contribution in [0.5, 0.6) is 0 Å². The minimum Gasteiger partial charge on any atom is -0.398 e. The number of thioether (sulfide) groups is 1. The quantitative estimate of drug-likeness (QED) is 0.829. The topological polar surface area (TPSA) is 59.1 Å². The minimum atomic E-state index is -0.539. The van der Waals surface area contributed by atoms with E-state index >= 15 is 0 Å². The number of hydrogen-bond acceptors (Lipinski definition) is 4. The molecule has 4 heteroatoms. The monoisotopic (exact) mass is 226 g/mol. The summed E-state index contributed by atoms with van der Waals surface area (Å²) in [5.41, 5.74) is 7.07. The van der Waals surface area contributed by atoms with Gasteiger partial charge in [0.1, 0.15) is 0 Å². The first-order chi connectivity index (χ1) is 6.90. The van der Waals surface area contributed by atoms with Crippen molar-refractivity contribution in [1.29, 1.82) is 0 Å². The molecule has 0 spiro atoms. The number of nitrogen functional groups attached to an aromatic ring is 1. The van der Waals surface area contributed by atoms with Gasteiger partial charge in [-0.25, -0.2) is 0 Å². The summed E-state index contributed by atoms with van der Waals surface area (Å²) in [6.45, 7) is 6.37. The van der Waals surface area contributed by atoms with Crippen LogP contribution in [0.3, 0.4) is 0 Å². The fourth-order valence-corrected chi connectivity index (χ4v) is 1.95. The third-order valence-corrected chi connectivity index (χ3v) is 3.27. The highest BCUT2D eigenvalue weighted by Crippen LogP contribution is 2.29. The zero-order valence-electron chi connectivity index (χ0n) is 9.40. The van der Waals surface area contributed by atoms with Crippen LogP contribution in [0.2, 0.25) is 0 Å². The molecule has 0 aliphatic carbocycles. The molecule has 0 amide bonds. The van der Waals surface area contributed by atoms with Gasteiger partial charge in [0.25, 0.3) is 0 Å². The van der Waals surface area contributed by atoms with Crippen molar-refractivity contribution in [1.82, 2.24) is 4.98 Å². The van der Waals surface area contributed by atoms with Crippen molar-refractivity contribution in [2.45, 2.75) is 31.6 Å². The number of nitrogens with zero attached hydrogens (tertiary/aromatic N) is 1. The second-order valence-electron chi connectivity index (χ2n) is 4.44. The summed E-state index contributed by atoms with van der Waals surface area (Å²) in [6, 6.07) is 1.71. The largest absolute Gasteiger partial charge is 0.398 e. The Morgan fingerprint density at radius 3 is 2.73 bits per heavy atom. The molecule has 1 aromatic heterocycles. The molecule has 1 aromatic rings. The molecule has 0 bridgehead atoms. The Morgan fingerprint density at radius 2 is 2.20 bits per heavy atom. The molecule has 0 fully saturated rings. The molecule has 3 nitrogen and oxygen atoms in total. The molecule has 0 aliphatic rings. The number of hydrogen-bond donors (Lipinski definition) is 2. The average Bonchev–Trinajstić information content (AvgIpc) is 2.14. The highest BCUT2D eigenvalue weighted by atomic mass is 32.2. The third kappa shape index (κ3) is 4.10. The Labute approximate surface area is 95.1 Å². The van der Waals surface area contributed by atoms with Crippen molar-refractivity contribution in [3.05, 3.63) is 24.0 Å². The van der Waals surface area contributed by atoms with E-state index in [0.29, 0.717) is 17.0 Å². The van der Waals surface area contributed by atoms with Gasteiger partial charge in [0, 0.05) is 34.1 Å². The first-order valence-corrected chi connectivity index (χ1v) is 5.90. The first kappa shape index (κ1) is 12.3. The molecule has 0 saturated heterocycles. The van der Waals surface area contributed by atoms with Gasteiger partial charge in [-0.15, -0.1) is 0 Å². The second-order valence-corrected chi connectivity index (χ2v) is 6.29. The van der Waals surface area contributed by atoms with Gasteiger partial charge in [-0.1, -0.05) is 20.8 Å². The number of aliphatic hydroxyl groups is 1. The van der Waals surface area contributed by atoms with E-state index in [1.807, 2.05) is 0 Å². The highest BCUT2D eigenvalue weighted by Gasteiger charge is 2.16. The van der Waals surface area contributed by atoms with E-state index < -0.39 is 6.10 Å². The van der Waals surface area contributed by atoms with Gasteiger partial charge in [-0.3, -0.25) is 4.98 Å². The lowest BCUT2D eigenvalue weighted by molar-refractivity contribution is 0.204. The van der Waals surface area contributed by atoms with Gasteiger partial charge in [0.15, 0.2) is 0 Å². The SMILES string of the molecule is CC(C)(C)SCC(O)c1cnccc1N. The van der Waals surface area contributed by atoms with E-state index in [-0.39, 0.29) is 4.75 Å². The summed E-state index contributed by atoms with van der Waals surface area (Å²) < 4.78 is 0.151. The number of aliphatic hydroxyl groups excluding tert-OH is 1. The maximum atomic E-state index is 9.92. The number of pyridine rings is 1. The maximum absolute atomic E-state index is 9.92. The first-order valence-electron chi connectivity index (χ1n) is 4.91. The van der Waals surface area contributed by atoms with Crippen LogP contribution in [-0.2, 0) is 0 Å². The molecular formula is C11H18N2OS. The summed E-state index contributed by atoms with van der Waals surface area (Å²) >= 11 is 1.71. The Kier molecular flexibility index (Phi) is 3.99. The van der Waals surface area contributed by atoms with Crippen molar-refractivity contribution in [2.24, 2.45) is 0 Å². The fraction of sp³-hybridized carbons (Fsp3) is 0.545. The lowest BCUT2D eigenvalue weighted by Gasteiger charge is -2.20. The smallest absolute Gasteiger partial charge is 0.0915 e. The molecule has 0 aliphatic heterocycles. The van der Waals surface area contributed by atoms with Crippen molar-refractivity contribution >= 4 is 17.4 Å². The predicted octanol–water partition coefficient (Wildman–Crippen LogP) is 2.23. The van der Waals surface area contributed by atoms with E-state index in [9.17, 15) is 5.11 Å². The molecule has 0 radical (unpaired) electrons. The van der Waals surface area contributed by atoms with Gasteiger partial charge in [-0.2, -0.15) is 11.8 Å². The lowest BCUT2D eigenvalue weighted by atomic mass is 10.1. The number of aromatic nitrogens is 1. The number of nitrogens with two attached hydrogens (primary N) is 1. The zero-order chi connectivity index (χ0) is 11.5. The Hall–Kier alpha value is -0.740. The van der Waals surface area contributed by atoms with Gasteiger partial charge in [0.2, 0.25) is 0 Å². The minimum absolute atomic E-state index is 0.151. The summed E-state index contributed by atoms with van der Waals surface area (Å²) in [7, 11) is 0. The molecule has 1 heterocycles. The van der Waals surface area contributed by atoms with Crippen molar-refractivity contribution < 1.29 is 5.11 Å². The number of rotatable bonds is 3. The zero-order valence-corrected chi connectivity index (χ0v) is 10.2. The van der Waals surface area contributed by atoms with Crippen molar-refractivity contribution in [3.8, 4) is 0 Å². The van der Waals surface area contributed by atoms with E-state index in [4.69, 9.17) is 5.73 Å². The van der Waals surface area contributed by atoms with Crippen LogP contribution in [0.25, 0.3) is 0 Å². The van der Waals surface area contributed by atoms with E-state index in [1.54, 1.807) is 30.2 Å². The Bertz CT molecular complexity index is 323. The van der Waals surface area contributed by atoms with Crippen LogP contribution >= 0.6 is 11.8 Å².